The van der Waals surface area contributed by atoms with Crippen LogP contribution in [0.4, 0.5) is 4.79 Å². The summed E-state index contributed by atoms with van der Waals surface area (Å²) in [6.45, 7) is 6.93. The van der Waals surface area contributed by atoms with Crippen molar-refractivity contribution in [3.63, 3.8) is 0 Å². The first-order chi connectivity index (χ1) is 18.1. The summed E-state index contributed by atoms with van der Waals surface area (Å²) in [5, 5.41) is 15.4. The molecule has 0 saturated heterocycles. The summed E-state index contributed by atoms with van der Waals surface area (Å²) in [5.41, 5.74) is 1.06. The number of ether oxygens (including phenoxy) is 1. The van der Waals surface area contributed by atoms with E-state index in [9.17, 15) is 19.5 Å². The lowest BCUT2D eigenvalue weighted by molar-refractivity contribution is -0.143. The maximum absolute atomic E-state index is 13.8. The quantitative estimate of drug-likeness (QED) is 0.290. The van der Waals surface area contributed by atoms with Gasteiger partial charge in [0.25, 0.3) is 0 Å². The minimum atomic E-state index is -1.31. The number of alkyl carbamates (subject to hydrolysis) is 1. The van der Waals surface area contributed by atoms with Crippen molar-refractivity contribution in [2.24, 2.45) is 0 Å². The van der Waals surface area contributed by atoms with E-state index < -0.39 is 42.2 Å². The summed E-state index contributed by atoms with van der Waals surface area (Å²) in [4.78, 5) is 41.4. The molecule has 204 valence electrons. The van der Waals surface area contributed by atoms with Crippen LogP contribution in [0.25, 0.3) is 0 Å². The Bertz CT molecular complexity index is 1100. The number of unbranched alkanes of at least 4 members (excludes halogenated alkanes) is 2. The van der Waals surface area contributed by atoms with Gasteiger partial charge < -0.3 is 25.4 Å². The summed E-state index contributed by atoms with van der Waals surface area (Å²) in [7, 11) is 0. The smallest absolute Gasteiger partial charge is 0.408 e. The summed E-state index contributed by atoms with van der Waals surface area (Å²) in [5.74, 6) is 1.58. The number of amides is 3. The second-order valence-corrected chi connectivity index (χ2v) is 9.96. The van der Waals surface area contributed by atoms with Gasteiger partial charge in [-0.1, -0.05) is 74.2 Å². The Balaban J connectivity index is 2.46. The highest BCUT2D eigenvalue weighted by atomic mass is 16.6. The molecule has 0 fully saturated rings. The number of nitrogens with zero attached hydrogens (tertiary/aromatic N) is 1. The highest BCUT2D eigenvalue weighted by Crippen LogP contribution is 2.26. The van der Waals surface area contributed by atoms with Gasteiger partial charge >= 0.3 is 6.09 Å². The SMILES string of the molecule is C#Cc1ccccc1C(C(=O)NCc1ccccc1)N(CCCCC)C(=O)C(CO)NC(=O)OC(C)(C)C. The molecule has 8 nitrogen and oxygen atoms in total. The van der Waals surface area contributed by atoms with Gasteiger partial charge in [0.1, 0.15) is 17.7 Å². The Hall–Kier alpha value is -3.83. The van der Waals surface area contributed by atoms with Crippen LogP contribution >= 0.6 is 0 Å². The molecular weight excluding hydrogens is 482 g/mol. The fourth-order valence-electron chi connectivity index (χ4n) is 3.93. The lowest BCUT2D eigenvalue weighted by Gasteiger charge is -2.34. The number of hydrogen-bond donors (Lipinski definition) is 3. The van der Waals surface area contributed by atoms with E-state index in [0.717, 1.165) is 18.4 Å². The Morgan fingerprint density at radius 3 is 2.32 bits per heavy atom. The molecule has 0 heterocycles. The minimum absolute atomic E-state index is 0.224. The molecule has 0 aromatic heterocycles. The van der Waals surface area contributed by atoms with Gasteiger partial charge in [-0.3, -0.25) is 9.59 Å². The number of aliphatic hydroxyl groups excluding tert-OH is 1. The molecule has 0 aliphatic carbocycles. The van der Waals surface area contributed by atoms with Crippen LogP contribution in [0.3, 0.4) is 0 Å². The third-order valence-electron chi connectivity index (χ3n) is 5.74. The fraction of sp³-hybridized carbons (Fsp3) is 0.433. The zero-order valence-electron chi connectivity index (χ0n) is 22.7. The zero-order chi connectivity index (χ0) is 28.1. The molecule has 0 aliphatic heterocycles. The van der Waals surface area contributed by atoms with E-state index in [1.807, 2.05) is 37.3 Å². The number of carbonyl (C=O) groups excluding carboxylic acids is 3. The van der Waals surface area contributed by atoms with E-state index in [1.54, 1.807) is 45.0 Å². The third-order valence-corrected chi connectivity index (χ3v) is 5.74. The molecule has 0 bridgehead atoms. The molecular formula is C30H39N3O5. The molecule has 0 radical (unpaired) electrons. The molecule has 3 amide bonds. The van der Waals surface area contributed by atoms with E-state index in [0.29, 0.717) is 17.5 Å². The van der Waals surface area contributed by atoms with Gasteiger partial charge in [-0.15, -0.1) is 6.42 Å². The van der Waals surface area contributed by atoms with Crippen molar-refractivity contribution >= 4 is 17.9 Å². The average Bonchev–Trinajstić information content (AvgIpc) is 2.89. The van der Waals surface area contributed by atoms with Gasteiger partial charge in [0.2, 0.25) is 11.8 Å². The standard InChI is InChI=1S/C30H39N3O5/c1-6-8-14-19-33(28(36)25(21-34)32-29(37)38-30(3,4)5)26(24-18-13-12-17-23(24)7-2)27(35)31-20-22-15-10-9-11-16-22/h2,9-13,15-18,25-26,34H,6,8,14,19-21H2,1,3-5H3,(H,31,35)(H,32,37). The van der Waals surface area contributed by atoms with Crippen LogP contribution in [-0.4, -0.2) is 52.7 Å². The third kappa shape index (κ3) is 9.24. The number of nitrogens with one attached hydrogen (secondary N) is 2. The Kier molecular flexibility index (Phi) is 11.8. The number of aliphatic hydroxyl groups is 1. The number of terminal acetylenes is 1. The fourth-order valence-corrected chi connectivity index (χ4v) is 3.93. The van der Waals surface area contributed by atoms with Crippen molar-refractivity contribution in [1.82, 2.24) is 15.5 Å². The number of hydrogen-bond acceptors (Lipinski definition) is 5. The van der Waals surface area contributed by atoms with Gasteiger partial charge in [-0.2, -0.15) is 0 Å². The Morgan fingerprint density at radius 2 is 1.71 bits per heavy atom. The lowest BCUT2D eigenvalue weighted by Crippen LogP contribution is -2.54. The van der Waals surface area contributed by atoms with E-state index in [2.05, 4.69) is 16.6 Å². The molecule has 0 aliphatic rings. The highest BCUT2D eigenvalue weighted by Gasteiger charge is 2.36. The van der Waals surface area contributed by atoms with Crippen LogP contribution in [0.15, 0.2) is 54.6 Å². The van der Waals surface area contributed by atoms with Crippen LogP contribution in [0.2, 0.25) is 0 Å². The average molecular weight is 522 g/mol. The van der Waals surface area contributed by atoms with Crippen molar-refractivity contribution in [3.8, 4) is 12.3 Å². The molecule has 2 aromatic rings. The first kappa shape index (κ1) is 30.4. The van der Waals surface area contributed by atoms with Gasteiger partial charge in [0.05, 0.1) is 6.61 Å². The number of carbonyl (C=O) groups is 3. The predicted molar refractivity (Wildman–Crippen MR) is 147 cm³/mol. The van der Waals surface area contributed by atoms with E-state index in [-0.39, 0.29) is 13.1 Å². The molecule has 0 spiro atoms. The van der Waals surface area contributed by atoms with Gasteiger partial charge in [-0.25, -0.2) is 4.79 Å². The van der Waals surface area contributed by atoms with Crippen LogP contribution in [0, 0.1) is 12.3 Å². The lowest BCUT2D eigenvalue weighted by atomic mass is 9.97. The van der Waals surface area contributed by atoms with Crippen LogP contribution in [-0.2, 0) is 20.9 Å². The van der Waals surface area contributed by atoms with Gasteiger partial charge in [0, 0.05) is 18.7 Å². The zero-order valence-corrected chi connectivity index (χ0v) is 22.7. The van der Waals surface area contributed by atoms with Crippen molar-refractivity contribution in [2.75, 3.05) is 13.2 Å². The van der Waals surface area contributed by atoms with Crippen LogP contribution < -0.4 is 10.6 Å². The predicted octanol–water partition coefficient (Wildman–Crippen LogP) is 3.93. The topological polar surface area (TPSA) is 108 Å². The normalized spacial score (nSPS) is 12.5. The summed E-state index contributed by atoms with van der Waals surface area (Å²) in [6.07, 6.45) is 7.26. The second-order valence-electron chi connectivity index (χ2n) is 9.96. The maximum atomic E-state index is 13.8. The molecule has 3 N–H and O–H groups in total. The summed E-state index contributed by atoms with van der Waals surface area (Å²) < 4.78 is 5.28. The van der Waals surface area contributed by atoms with Gasteiger partial charge in [0.15, 0.2) is 0 Å². The monoisotopic (exact) mass is 521 g/mol. The molecule has 2 aromatic carbocycles. The first-order valence-electron chi connectivity index (χ1n) is 12.9. The Labute approximate surface area is 225 Å². The minimum Gasteiger partial charge on any atom is -0.444 e. The van der Waals surface area contributed by atoms with E-state index in [1.165, 1.54) is 4.90 Å². The van der Waals surface area contributed by atoms with Crippen LogP contribution in [0.5, 0.6) is 0 Å². The highest BCUT2D eigenvalue weighted by molar-refractivity contribution is 5.92. The maximum Gasteiger partial charge on any atom is 0.408 e. The second kappa shape index (κ2) is 14.8. The summed E-state index contributed by atoms with van der Waals surface area (Å²) in [6, 6.07) is 14.0. The van der Waals surface area contributed by atoms with Crippen molar-refractivity contribution < 1.29 is 24.2 Å². The molecule has 0 saturated carbocycles. The van der Waals surface area contributed by atoms with Crippen molar-refractivity contribution in [3.05, 3.63) is 71.3 Å². The van der Waals surface area contributed by atoms with E-state index in [4.69, 9.17) is 11.2 Å². The van der Waals surface area contributed by atoms with Gasteiger partial charge in [-0.05, 0) is 44.4 Å². The summed E-state index contributed by atoms with van der Waals surface area (Å²) >= 11 is 0. The van der Waals surface area contributed by atoms with Crippen molar-refractivity contribution in [1.29, 1.82) is 0 Å². The largest absolute Gasteiger partial charge is 0.444 e. The molecule has 2 rings (SSSR count). The first-order valence-corrected chi connectivity index (χ1v) is 12.9. The number of benzene rings is 2. The number of rotatable bonds is 12. The molecule has 38 heavy (non-hydrogen) atoms. The van der Waals surface area contributed by atoms with E-state index >= 15 is 0 Å². The molecule has 2 atom stereocenters. The van der Waals surface area contributed by atoms with Crippen molar-refractivity contribution in [2.45, 2.75) is 71.2 Å². The Morgan fingerprint density at radius 1 is 1.05 bits per heavy atom. The molecule has 8 heteroatoms. The molecule has 2 unspecified atom stereocenters. The van der Waals surface area contributed by atoms with Crippen LogP contribution in [0.1, 0.15) is 69.7 Å².